The van der Waals surface area contributed by atoms with Gasteiger partial charge in [-0.05, 0) is 30.5 Å². The van der Waals surface area contributed by atoms with E-state index in [0.717, 1.165) is 12.3 Å². The lowest BCUT2D eigenvalue weighted by atomic mass is 10.2. The van der Waals surface area contributed by atoms with Crippen molar-refractivity contribution in [3.8, 4) is 0 Å². The van der Waals surface area contributed by atoms with E-state index in [-0.39, 0.29) is 44.9 Å². The lowest BCUT2D eigenvalue weighted by Crippen LogP contribution is -2.52. The van der Waals surface area contributed by atoms with Crippen LogP contribution in [-0.2, 0) is 27.4 Å². The number of rotatable bonds is 8. The fraction of sp³-hybridized carbons (Fsp3) is 0.500. The van der Waals surface area contributed by atoms with Gasteiger partial charge in [0, 0.05) is 51.2 Å². The van der Waals surface area contributed by atoms with E-state index in [1.165, 1.54) is 10.4 Å². The van der Waals surface area contributed by atoms with Crippen molar-refractivity contribution in [3.05, 3.63) is 48.2 Å². The normalized spacial score (nSPS) is 23.5. The quantitative estimate of drug-likeness (QED) is 0.326. The lowest BCUT2D eigenvalue weighted by Gasteiger charge is -2.36. The first kappa shape index (κ1) is 24.3. The van der Waals surface area contributed by atoms with Gasteiger partial charge in [0.2, 0.25) is 16.4 Å². The van der Waals surface area contributed by atoms with E-state index >= 15 is 0 Å². The highest BCUT2D eigenvalue weighted by Gasteiger charge is 2.61. The number of aromatic nitrogens is 3. The first-order valence-corrected chi connectivity index (χ1v) is 12.1. The lowest BCUT2D eigenvalue weighted by molar-refractivity contribution is -0.163. The fourth-order valence-electron chi connectivity index (χ4n) is 4.26. The zero-order chi connectivity index (χ0) is 24.6. The minimum atomic E-state index is -4.48. The van der Waals surface area contributed by atoms with Gasteiger partial charge in [0.25, 0.3) is 0 Å². The van der Waals surface area contributed by atoms with E-state index in [1.54, 1.807) is 23.4 Å². The van der Waals surface area contributed by atoms with Gasteiger partial charge in [0.15, 0.2) is 0 Å². The van der Waals surface area contributed by atoms with Crippen molar-refractivity contribution in [3.63, 3.8) is 0 Å². The molecule has 0 unspecified atom stereocenters. The molecule has 2 atom stereocenters. The third kappa shape index (κ3) is 4.98. The first-order chi connectivity index (χ1) is 16.0. The molecule has 4 rings (SSSR count). The molecule has 1 saturated carbocycles. The second kappa shape index (κ2) is 9.07. The molecule has 1 aliphatic heterocycles. The molecule has 0 radical (unpaired) electrons. The van der Waals surface area contributed by atoms with Crippen LogP contribution in [0.5, 0.6) is 0 Å². The number of hydroxylamine groups is 2. The number of carbonyl (C=O) groups is 1. The number of piperazine rings is 1. The Kier molecular flexibility index (Phi) is 6.48. The van der Waals surface area contributed by atoms with Crippen molar-refractivity contribution in [2.45, 2.75) is 24.6 Å². The van der Waals surface area contributed by atoms with Gasteiger partial charge < -0.3 is 4.90 Å². The highest BCUT2D eigenvalue weighted by molar-refractivity contribution is 7.89. The van der Waals surface area contributed by atoms with E-state index in [1.807, 2.05) is 0 Å². The molecule has 10 nitrogen and oxygen atoms in total. The van der Waals surface area contributed by atoms with E-state index in [0.29, 0.717) is 23.1 Å². The molecular formula is C20H23F3N6O4S. The summed E-state index contributed by atoms with van der Waals surface area (Å²) in [6.07, 6.45) is 0.194. The van der Waals surface area contributed by atoms with Crippen LogP contribution in [0.2, 0.25) is 0 Å². The fourth-order valence-corrected chi connectivity index (χ4v) is 6.28. The van der Waals surface area contributed by atoms with Gasteiger partial charge in [-0.25, -0.2) is 28.4 Å². The van der Waals surface area contributed by atoms with E-state index in [4.69, 9.17) is 0 Å². The Balaban J connectivity index is 1.40. The van der Waals surface area contributed by atoms with Gasteiger partial charge in [0.05, 0.1) is 16.9 Å². The zero-order valence-corrected chi connectivity index (χ0v) is 18.8. The Morgan fingerprint density at radius 2 is 1.82 bits per heavy atom. The molecule has 2 aromatic heterocycles. The molecule has 1 aliphatic carbocycles. The maximum atomic E-state index is 13.1. The SMILES string of the molecule is O=CN(O)[C@@]1(CS(=O)(=O)N2CCN(c3ccc(C(F)(F)F)cn3)CC2)C[C@H]1Cc1ncccn1. The summed E-state index contributed by atoms with van der Waals surface area (Å²) in [4.78, 5) is 25.1. The minimum Gasteiger partial charge on any atom is -0.354 e. The Hall–Kier alpha value is -2.84. The molecule has 1 saturated heterocycles. The van der Waals surface area contributed by atoms with Crippen molar-refractivity contribution >= 4 is 22.3 Å². The summed E-state index contributed by atoms with van der Waals surface area (Å²) in [5, 5.41) is 10.6. The number of alkyl halides is 3. The standard InChI is InChI=1S/C20H23F3N6O4S/c21-20(22,23)15-2-3-18(26-12-15)27-6-8-28(9-7-27)34(32,33)13-19(29(31)14-30)11-16(19)10-17-24-4-1-5-25-17/h1-5,12,14,16,31H,6-11,13H2/t16-,19-/m1/s1. The topological polar surface area (TPSA) is 120 Å². The van der Waals surface area contributed by atoms with Crippen molar-refractivity contribution in [2.75, 3.05) is 36.8 Å². The Labute approximate surface area is 194 Å². The van der Waals surface area contributed by atoms with Crippen LogP contribution in [0.25, 0.3) is 0 Å². The largest absolute Gasteiger partial charge is 0.417 e. The summed E-state index contributed by atoms with van der Waals surface area (Å²) in [7, 11) is -3.85. The summed E-state index contributed by atoms with van der Waals surface area (Å²) in [5.74, 6) is 0.0426. The smallest absolute Gasteiger partial charge is 0.354 e. The number of carbonyl (C=O) groups excluding carboxylic acids is 1. The molecule has 1 N–H and O–H groups in total. The molecule has 2 aliphatic rings. The van der Waals surface area contributed by atoms with Crippen LogP contribution in [0.3, 0.4) is 0 Å². The van der Waals surface area contributed by atoms with E-state index in [2.05, 4.69) is 15.0 Å². The highest BCUT2D eigenvalue weighted by Crippen LogP contribution is 2.50. The number of pyridine rings is 1. The third-order valence-electron chi connectivity index (χ3n) is 6.27. The number of hydrogen-bond donors (Lipinski definition) is 1. The monoisotopic (exact) mass is 500 g/mol. The zero-order valence-electron chi connectivity index (χ0n) is 18.0. The maximum absolute atomic E-state index is 13.1. The predicted molar refractivity (Wildman–Crippen MR) is 113 cm³/mol. The van der Waals surface area contributed by atoms with E-state index in [9.17, 15) is 31.6 Å². The molecule has 0 bridgehead atoms. The summed E-state index contributed by atoms with van der Waals surface area (Å²) < 4.78 is 65.8. The third-order valence-corrected chi connectivity index (χ3v) is 8.28. The predicted octanol–water partition coefficient (Wildman–Crippen LogP) is 1.19. The number of hydrogen-bond acceptors (Lipinski definition) is 8. The molecule has 184 valence electrons. The molecule has 3 heterocycles. The van der Waals surface area contributed by atoms with Crippen LogP contribution in [0.15, 0.2) is 36.8 Å². The van der Waals surface area contributed by atoms with Gasteiger partial charge in [-0.1, -0.05) is 0 Å². The van der Waals surface area contributed by atoms with Crippen molar-refractivity contribution < 1.29 is 31.6 Å². The van der Waals surface area contributed by atoms with Crippen molar-refractivity contribution in [1.29, 1.82) is 0 Å². The molecular weight excluding hydrogens is 477 g/mol. The van der Waals surface area contributed by atoms with Crippen molar-refractivity contribution in [1.82, 2.24) is 24.3 Å². The van der Waals surface area contributed by atoms with Crippen LogP contribution in [-0.4, -0.2) is 81.8 Å². The second-order valence-electron chi connectivity index (χ2n) is 8.37. The Morgan fingerprint density at radius 3 is 2.38 bits per heavy atom. The summed E-state index contributed by atoms with van der Waals surface area (Å²) in [5.41, 5.74) is -2.11. The molecule has 14 heteroatoms. The Morgan fingerprint density at radius 1 is 1.15 bits per heavy atom. The number of anilines is 1. The van der Waals surface area contributed by atoms with Gasteiger partial charge in [0.1, 0.15) is 11.6 Å². The maximum Gasteiger partial charge on any atom is 0.417 e. The average Bonchev–Trinajstić information content (AvgIpc) is 3.50. The Bertz CT molecular complexity index is 1110. The van der Waals surface area contributed by atoms with Gasteiger partial charge in [-0.15, -0.1) is 0 Å². The van der Waals surface area contributed by atoms with Gasteiger partial charge >= 0.3 is 6.18 Å². The van der Waals surface area contributed by atoms with Crippen LogP contribution in [0.4, 0.5) is 19.0 Å². The van der Waals surface area contributed by atoms with Crippen LogP contribution >= 0.6 is 0 Å². The minimum absolute atomic E-state index is 0.0973. The molecule has 34 heavy (non-hydrogen) atoms. The average molecular weight is 501 g/mol. The number of sulfonamides is 1. The van der Waals surface area contributed by atoms with Crippen LogP contribution < -0.4 is 4.90 Å². The van der Waals surface area contributed by atoms with Crippen LogP contribution in [0, 0.1) is 5.92 Å². The van der Waals surface area contributed by atoms with Crippen LogP contribution in [0.1, 0.15) is 17.8 Å². The number of amides is 1. The first-order valence-electron chi connectivity index (χ1n) is 10.5. The molecule has 0 spiro atoms. The number of nitrogens with zero attached hydrogens (tertiary/aromatic N) is 6. The summed E-state index contributed by atoms with van der Waals surface area (Å²) in [6.45, 7) is 0.672. The summed E-state index contributed by atoms with van der Waals surface area (Å²) in [6, 6.07) is 3.85. The second-order valence-corrected chi connectivity index (χ2v) is 10.3. The molecule has 0 aromatic carbocycles. The van der Waals surface area contributed by atoms with Gasteiger partial charge in [-0.3, -0.25) is 10.0 Å². The number of halogens is 3. The summed E-state index contributed by atoms with van der Waals surface area (Å²) >= 11 is 0. The molecule has 2 aromatic rings. The molecule has 1 amide bonds. The van der Waals surface area contributed by atoms with E-state index < -0.39 is 33.1 Å². The van der Waals surface area contributed by atoms with Crippen molar-refractivity contribution in [2.24, 2.45) is 5.92 Å². The molecule has 2 fully saturated rings. The van der Waals surface area contributed by atoms with Gasteiger partial charge in [-0.2, -0.15) is 17.5 Å². The highest BCUT2D eigenvalue weighted by atomic mass is 32.2.